The van der Waals surface area contributed by atoms with E-state index < -0.39 is 11.9 Å². The fourth-order valence-electron chi connectivity index (χ4n) is 2.10. The first-order chi connectivity index (χ1) is 10.0. The molecule has 0 aliphatic heterocycles. The Kier molecular flexibility index (Phi) is 2.83. The summed E-state index contributed by atoms with van der Waals surface area (Å²) in [6, 6.07) is 6.72. The molecule has 0 atom stereocenters. The summed E-state index contributed by atoms with van der Waals surface area (Å²) in [4.78, 5) is 25.4. The van der Waals surface area contributed by atoms with Crippen molar-refractivity contribution in [2.45, 2.75) is 0 Å². The van der Waals surface area contributed by atoms with Crippen molar-refractivity contribution in [1.82, 2.24) is 14.8 Å². The number of aromatic amines is 1. The Morgan fingerprint density at radius 1 is 1.24 bits per heavy atom. The number of rotatable bonds is 3. The molecule has 3 amide bonds. The topological polar surface area (TPSA) is 132 Å². The maximum atomic E-state index is 11.4. The first-order valence-electron chi connectivity index (χ1n) is 6.08. The maximum Gasteiger partial charge on any atom is 0.316 e. The standard InChI is InChI=1S/C13H12N6O2/c14-12(20)11-10(17-13(15)21)6-19(18-11)8-1-2-9-7(5-8)3-4-16-9/h1-6,16H,(H2,14,20)(H3,15,17,21). The van der Waals surface area contributed by atoms with Crippen molar-refractivity contribution in [3.05, 3.63) is 42.4 Å². The van der Waals surface area contributed by atoms with E-state index in [0.717, 1.165) is 16.6 Å². The summed E-state index contributed by atoms with van der Waals surface area (Å²) >= 11 is 0. The molecule has 0 aliphatic rings. The number of fused-ring (bicyclic) bond motifs is 1. The second-order valence-corrected chi connectivity index (χ2v) is 4.44. The quantitative estimate of drug-likeness (QED) is 0.570. The van der Waals surface area contributed by atoms with Crippen LogP contribution in [0.25, 0.3) is 16.6 Å². The number of aromatic nitrogens is 3. The first kappa shape index (κ1) is 12.7. The van der Waals surface area contributed by atoms with Gasteiger partial charge in [-0.25, -0.2) is 9.48 Å². The van der Waals surface area contributed by atoms with Gasteiger partial charge in [0.1, 0.15) is 0 Å². The first-order valence-corrected chi connectivity index (χ1v) is 6.08. The molecule has 2 aromatic heterocycles. The van der Waals surface area contributed by atoms with Gasteiger partial charge in [-0.15, -0.1) is 0 Å². The van der Waals surface area contributed by atoms with Crippen LogP contribution < -0.4 is 16.8 Å². The Morgan fingerprint density at radius 2 is 2.05 bits per heavy atom. The minimum Gasteiger partial charge on any atom is -0.364 e. The predicted octanol–water partition coefficient (Wildman–Crippen LogP) is 0.943. The van der Waals surface area contributed by atoms with Crippen LogP contribution in [0, 0.1) is 0 Å². The summed E-state index contributed by atoms with van der Waals surface area (Å²) in [6.07, 6.45) is 3.31. The van der Waals surface area contributed by atoms with Crippen molar-refractivity contribution in [2.75, 3.05) is 5.32 Å². The molecule has 0 fully saturated rings. The van der Waals surface area contributed by atoms with Gasteiger partial charge >= 0.3 is 6.03 Å². The molecule has 8 nitrogen and oxygen atoms in total. The Labute approximate surface area is 118 Å². The molecule has 6 N–H and O–H groups in total. The summed E-state index contributed by atoms with van der Waals surface area (Å²) < 4.78 is 1.46. The van der Waals surface area contributed by atoms with Crippen molar-refractivity contribution < 1.29 is 9.59 Å². The Morgan fingerprint density at radius 3 is 2.76 bits per heavy atom. The van der Waals surface area contributed by atoms with E-state index in [4.69, 9.17) is 11.5 Å². The fraction of sp³-hybridized carbons (Fsp3) is 0. The number of primary amides is 2. The molecule has 0 saturated carbocycles. The zero-order valence-corrected chi connectivity index (χ0v) is 10.8. The Balaban J connectivity index is 2.08. The van der Waals surface area contributed by atoms with E-state index >= 15 is 0 Å². The minimum atomic E-state index is -0.793. The summed E-state index contributed by atoms with van der Waals surface area (Å²) in [5.74, 6) is -0.750. The molecule has 0 radical (unpaired) electrons. The molecule has 8 heteroatoms. The van der Waals surface area contributed by atoms with Crippen LogP contribution in [-0.4, -0.2) is 26.7 Å². The van der Waals surface area contributed by atoms with Gasteiger partial charge in [-0.1, -0.05) is 0 Å². The van der Waals surface area contributed by atoms with E-state index in [1.807, 2.05) is 30.5 Å². The third kappa shape index (κ3) is 2.29. The highest BCUT2D eigenvalue weighted by Crippen LogP contribution is 2.20. The molecular formula is C13H12N6O2. The van der Waals surface area contributed by atoms with E-state index in [1.54, 1.807) is 0 Å². The molecular weight excluding hydrogens is 272 g/mol. The number of benzene rings is 1. The molecule has 0 saturated heterocycles. The van der Waals surface area contributed by atoms with Gasteiger partial charge in [0, 0.05) is 17.1 Å². The lowest BCUT2D eigenvalue weighted by Gasteiger charge is -2.01. The van der Waals surface area contributed by atoms with Crippen LogP contribution in [0.5, 0.6) is 0 Å². The molecule has 3 aromatic rings. The molecule has 106 valence electrons. The average molecular weight is 284 g/mol. The average Bonchev–Trinajstić information content (AvgIpc) is 3.03. The van der Waals surface area contributed by atoms with Crippen LogP contribution in [0.1, 0.15) is 10.5 Å². The van der Waals surface area contributed by atoms with E-state index in [2.05, 4.69) is 15.4 Å². The molecule has 2 heterocycles. The van der Waals surface area contributed by atoms with Crippen molar-refractivity contribution in [1.29, 1.82) is 0 Å². The van der Waals surface area contributed by atoms with Crippen molar-refractivity contribution in [3.63, 3.8) is 0 Å². The van der Waals surface area contributed by atoms with Gasteiger partial charge < -0.3 is 21.8 Å². The molecule has 0 bridgehead atoms. The monoisotopic (exact) mass is 284 g/mol. The lowest BCUT2D eigenvalue weighted by Crippen LogP contribution is -2.22. The zero-order chi connectivity index (χ0) is 15.0. The fourth-order valence-corrected chi connectivity index (χ4v) is 2.10. The van der Waals surface area contributed by atoms with Crippen molar-refractivity contribution >= 4 is 28.5 Å². The van der Waals surface area contributed by atoms with Gasteiger partial charge in [-0.2, -0.15) is 5.10 Å². The number of nitrogens with one attached hydrogen (secondary N) is 2. The number of hydrogen-bond acceptors (Lipinski definition) is 3. The number of nitrogens with two attached hydrogens (primary N) is 2. The highest BCUT2D eigenvalue weighted by molar-refractivity contribution is 6.00. The molecule has 0 unspecified atom stereocenters. The van der Waals surface area contributed by atoms with E-state index in [-0.39, 0.29) is 11.4 Å². The zero-order valence-electron chi connectivity index (χ0n) is 10.8. The van der Waals surface area contributed by atoms with E-state index in [1.165, 1.54) is 10.9 Å². The molecule has 0 aliphatic carbocycles. The summed E-state index contributed by atoms with van der Waals surface area (Å²) in [5.41, 5.74) is 12.1. The van der Waals surface area contributed by atoms with Crippen molar-refractivity contribution in [2.24, 2.45) is 11.5 Å². The highest BCUT2D eigenvalue weighted by Gasteiger charge is 2.16. The third-order valence-corrected chi connectivity index (χ3v) is 3.01. The number of hydrogen-bond donors (Lipinski definition) is 4. The van der Waals surface area contributed by atoms with E-state index in [9.17, 15) is 9.59 Å². The number of anilines is 1. The summed E-state index contributed by atoms with van der Waals surface area (Å²) in [7, 11) is 0. The second-order valence-electron chi connectivity index (χ2n) is 4.44. The van der Waals surface area contributed by atoms with Crippen LogP contribution in [0.4, 0.5) is 10.5 Å². The highest BCUT2D eigenvalue weighted by atomic mass is 16.2. The third-order valence-electron chi connectivity index (χ3n) is 3.01. The maximum absolute atomic E-state index is 11.4. The SMILES string of the molecule is NC(=O)Nc1cn(-c2ccc3[nH]ccc3c2)nc1C(N)=O. The Hall–Kier alpha value is -3.29. The van der Waals surface area contributed by atoms with Crippen molar-refractivity contribution in [3.8, 4) is 5.69 Å². The minimum absolute atomic E-state index is 0.0528. The van der Waals surface area contributed by atoms with Gasteiger partial charge in [0.25, 0.3) is 5.91 Å². The summed E-state index contributed by atoms with van der Waals surface area (Å²) in [5, 5.41) is 7.40. The largest absolute Gasteiger partial charge is 0.364 e. The van der Waals surface area contributed by atoms with Gasteiger partial charge in [0.2, 0.25) is 0 Å². The summed E-state index contributed by atoms with van der Waals surface area (Å²) in [6.45, 7) is 0. The molecule has 0 spiro atoms. The van der Waals surface area contributed by atoms with Gasteiger partial charge in [-0.3, -0.25) is 4.79 Å². The van der Waals surface area contributed by atoms with Crippen LogP contribution in [0.15, 0.2) is 36.7 Å². The number of nitrogens with zero attached hydrogens (tertiary/aromatic N) is 2. The molecule has 3 rings (SSSR count). The number of H-pyrrole nitrogens is 1. The lowest BCUT2D eigenvalue weighted by molar-refractivity contribution is 0.0996. The van der Waals surface area contributed by atoms with Gasteiger partial charge in [0.05, 0.1) is 17.6 Å². The van der Waals surface area contributed by atoms with Gasteiger partial charge in [-0.05, 0) is 24.3 Å². The second kappa shape index (κ2) is 4.67. The number of urea groups is 1. The van der Waals surface area contributed by atoms with Crippen LogP contribution in [0.2, 0.25) is 0 Å². The Bertz CT molecular complexity index is 847. The normalized spacial score (nSPS) is 10.7. The van der Waals surface area contributed by atoms with Crippen LogP contribution in [0.3, 0.4) is 0 Å². The van der Waals surface area contributed by atoms with Gasteiger partial charge in [0.15, 0.2) is 5.69 Å². The molecule has 21 heavy (non-hydrogen) atoms. The smallest absolute Gasteiger partial charge is 0.316 e. The molecule has 1 aromatic carbocycles. The predicted molar refractivity (Wildman–Crippen MR) is 77.1 cm³/mol. The van der Waals surface area contributed by atoms with E-state index in [0.29, 0.717) is 0 Å². The number of carbonyl (C=O) groups is 2. The van der Waals surface area contributed by atoms with Crippen LogP contribution >= 0.6 is 0 Å². The number of carbonyl (C=O) groups excluding carboxylic acids is 2. The van der Waals surface area contributed by atoms with Crippen LogP contribution in [-0.2, 0) is 0 Å². The lowest BCUT2D eigenvalue weighted by atomic mass is 10.2. The number of amides is 3.